The number of hydrogen-bond acceptors (Lipinski definition) is 5. The predicted octanol–water partition coefficient (Wildman–Crippen LogP) is 2.74. The average Bonchev–Trinajstić information content (AvgIpc) is 3.38. The Bertz CT molecular complexity index is 1570. The van der Waals surface area contributed by atoms with Crippen molar-refractivity contribution in [1.82, 2.24) is 23.8 Å². The minimum absolute atomic E-state index is 0.291. The first kappa shape index (κ1) is 20.4. The van der Waals surface area contributed by atoms with Gasteiger partial charge in [-0.05, 0) is 42.5 Å². The second kappa shape index (κ2) is 7.86. The van der Waals surface area contributed by atoms with Crippen LogP contribution in [0.3, 0.4) is 0 Å². The smallest absolute Gasteiger partial charge is 0.350 e. The molecule has 0 spiro atoms. The van der Waals surface area contributed by atoms with Gasteiger partial charge in [0.15, 0.2) is 5.65 Å². The molecule has 0 bridgehead atoms. The van der Waals surface area contributed by atoms with Gasteiger partial charge in [-0.2, -0.15) is 5.10 Å². The molecule has 0 saturated carbocycles. The zero-order chi connectivity index (χ0) is 23.1. The van der Waals surface area contributed by atoms with Crippen molar-refractivity contribution in [3.05, 3.63) is 83.0 Å². The van der Waals surface area contributed by atoms with E-state index in [4.69, 9.17) is 4.74 Å². The third kappa shape index (κ3) is 3.69. The number of nitrogens with one attached hydrogen (secondary N) is 1. The van der Waals surface area contributed by atoms with Crippen molar-refractivity contribution in [1.29, 1.82) is 0 Å². The number of rotatable bonds is 5. The Labute approximate surface area is 184 Å². The van der Waals surface area contributed by atoms with Gasteiger partial charge in [0, 0.05) is 24.0 Å². The first-order valence-corrected chi connectivity index (χ1v) is 9.80. The normalized spacial score (nSPS) is 11.2. The molecule has 5 aromatic rings. The maximum absolute atomic E-state index is 13.8. The molecule has 0 atom stereocenters. The van der Waals surface area contributed by atoms with Crippen molar-refractivity contribution in [3.63, 3.8) is 0 Å². The summed E-state index contributed by atoms with van der Waals surface area (Å²) < 4.78 is 36.1. The summed E-state index contributed by atoms with van der Waals surface area (Å²) in [6, 6.07) is 11.8. The first-order valence-electron chi connectivity index (χ1n) is 9.80. The third-order valence-corrected chi connectivity index (χ3v) is 5.07. The molecule has 33 heavy (non-hydrogen) atoms. The summed E-state index contributed by atoms with van der Waals surface area (Å²) in [5, 5.41) is 11.0. The van der Waals surface area contributed by atoms with Crippen LogP contribution in [0.15, 0.2) is 65.7 Å². The molecule has 2 aromatic carbocycles. The van der Waals surface area contributed by atoms with E-state index in [0.29, 0.717) is 22.6 Å². The fraction of sp³-hybridized carbons (Fsp3) is 0.0909. The highest BCUT2D eigenvalue weighted by molar-refractivity contribution is 5.90. The number of halogens is 2. The average molecular weight is 450 g/mol. The van der Waals surface area contributed by atoms with Gasteiger partial charge in [0.25, 0.3) is 0 Å². The second-order valence-corrected chi connectivity index (χ2v) is 7.19. The molecule has 0 fully saturated rings. The fourth-order valence-electron chi connectivity index (χ4n) is 3.46. The summed E-state index contributed by atoms with van der Waals surface area (Å²) in [6.07, 6.45) is 3.09. The lowest BCUT2D eigenvalue weighted by atomic mass is 10.1. The number of carbonyl (C=O) groups excluding carboxylic acids is 1. The van der Waals surface area contributed by atoms with Gasteiger partial charge in [0.05, 0.1) is 18.5 Å². The molecule has 3 aromatic heterocycles. The number of methoxy groups -OCH3 is 1. The standard InChI is InChI=1S/C22H16F2N6O3/c1-33-15-5-2-13(3-6-15)17-11-19-21-27-30(22(32)28(21)8-9-29(19)26-17)12-20(31)25-18-10-14(23)4-7-16(18)24/h2-11H,12H2,1H3,(H,25,31). The van der Waals surface area contributed by atoms with Gasteiger partial charge in [-0.15, -0.1) is 5.10 Å². The SMILES string of the molecule is COc1ccc(-c2cc3c4nn(CC(=O)Nc5cc(F)ccc5F)c(=O)n4ccn3n2)cc1. The predicted molar refractivity (Wildman–Crippen MR) is 115 cm³/mol. The first-order chi connectivity index (χ1) is 15.9. The van der Waals surface area contributed by atoms with Gasteiger partial charge in [0.2, 0.25) is 5.91 Å². The van der Waals surface area contributed by atoms with Crippen LogP contribution in [0.1, 0.15) is 0 Å². The van der Waals surface area contributed by atoms with Crippen molar-refractivity contribution in [2.24, 2.45) is 0 Å². The molecule has 0 aliphatic heterocycles. The number of anilines is 1. The van der Waals surface area contributed by atoms with Crippen molar-refractivity contribution in [2.45, 2.75) is 6.54 Å². The number of amides is 1. The van der Waals surface area contributed by atoms with E-state index in [2.05, 4.69) is 15.5 Å². The van der Waals surface area contributed by atoms with Gasteiger partial charge in [-0.3, -0.25) is 4.79 Å². The van der Waals surface area contributed by atoms with Gasteiger partial charge >= 0.3 is 5.69 Å². The van der Waals surface area contributed by atoms with E-state index in [0.717, 1.165) is 28.4 Å². The summed E-state index contributed by atoms with van der Waals surface area (Å²) in [6.45, 7) is -0.484. The highest BCUT2D eigenvalue weighted by Gasteiger charge is 2.16. The Hall–Kier alpha value is -4.54. The van der Waals surface area contributed by atoms with Crippen LogP contribution >= 0.6 is 0 Å². The van der Waals surface area contributed by atoms with Gasteiger partial charge in [-0.1, -0.05) is 0 Å². The number of carbonyl (C=O) groups is 1. The number of hydrogen-bond donors (Lipinski definition) is 1. The molecule has 0 saturated heterocycles. The van der Waals surface area contributed by atoms with Gasteiger partial charge in [-0.25, -0.2) is 27.2 Å². The Morgan fingerprint density at radius 3 is 2.61 bits per heavy atom. The molecule has 0 radical (unpaired) electrons. The summed E-state index contributed by atoms with van der Waals surface area (Å²) in [4.78, 5) is 25.1. The van der Waals surface area contributed by atoms with Crippen LogP contribution < -0.4 is 15.7 Å². The zero-order valence-electron chi connectivity index (χ0n) is 17.2. The van der Waals surface area contributed by atoms with Crippen LogP contribution in [-0.2, 0) is 11.3 Å². The Kier molecular flexibility index (Phi) is 4.85. The largest absolute Gasteiger partial charge is 0.497 e. The number of benzene rings is 2. The summed E-state index contributed by atoms with van der Waals surface area (Å²) in [5.74, 6) is -1.51. The summed E-state index contributed by atoms with van der Waals surface area (Å²) in [7, 11) is 1.58. The molecular formula is C22H16F2N6O3. The van der Waals surface area contributed by atoms with Crippen LogP contribution in [-0.4, -0.2) is 36.8 Å². The topological polar surface area (TPSA) is 94.9 Å². The van der Waals surface area contributed by atoms with Gasteiger partial charge < -0.3 is 10.1 Å². The maximum Gasteiger partial charge on any atom is 0.350 e. The lowest BCUT2D eigenvalue weighted by Gasteiger charge is -2.05. The van der Waals surface area contributed by atoms with Crippen molar-refractivity contribution in [2.75, 3.05) is 12.4 Å². The molecule has 5 rings (SSSR count). The van der Waals surface area contributed by atoms with Gasteiger partial charge in [0.1, 0.15) is 29.4 Å². The molecule has 0 aliphatic rings. The molecule has 9 nitrogen and oxygen atoms in total. The van der Waals surface area contributed by atoms with E-state index < -0.39 is 29.8 Å². The Morgan fingerprint density at radius 2 is 1.85 bits per heavy atom. The number of nitrogens with zero attached hydrogens (tertiary/aromatic N) is 5. The number of aromatic nitrogens is 5. The minimum atomic E-state index is -0.792. The molecule has 1 N–H and O–H groups in total. The van der Waals surface area contributed by atoms with Crippen LogP contribution in [0.2, 0.25) is 0 Å². The van der Waals surface area contributed by atoms with E-state index in [-0.39, 0.29) is 5.69 Å². The van der Waals surface area contributed by atoms with Crippen molar-refractivity contribution in [3.8, 4) is 17.0 Å². The molecule has 0 aliphatic carbocycles. The molecule has 166 valence electrons. The summed E-state index contributed by atoms with van der Waals surface area (Å²) >= 11 is 0. The molecular weight excluding hydrogens is 434 g/mol. The quantitative estimate of drug-likeness (QED) is 0.444. The van der Waals surface area contributed by atoms with E-state index in [1.165, 1.54) is 10.6 Å². The third-order valence-electron chi connectivity index (χ3n) is 5.07. The lowest BCUT2D eigenvalue weighted by molar-refractivity contribution is -0.117. The van der Waals surface area contributed by atoms with Crippen LogP contribution in [0.5, 0.6) is 5.75 Å². The van der Waals surface area contributed by atoms with E-state index in [1.54, 1.807) is 23.9 Å². The summed E-state index contributed by atoms with van der Waals surface area (Å²) in [5.41, 5.74) is 1.46. The van der Waals surface area contributed by atoms with Crippen molar-refractivity contribution >= 4 is 22.8 Å². The second-order valence-electron chi connectivity index (χ2n) is 7.19. The lowest BCUT2D eigenvalue weighted by Crippen LogP contribution is -2.28. The number of fused-ring (bicyclic) bond motifs is 3. The molecule has 0 unspecified atom stereocenters. The van der Waals surface area contributed by atoms with Crippen LogP contribution in [0.25, 0.3) is 22.4 Å². The maximum atomic E-state index is 13.8. The minimum Gasteiger partial charge on any atom is -0.497 e. The van der Waals surface area contributed by atoms with E-state index in [9.17, 15) is 18.4 Å². The van der Waals surface area contributed by atoms with Crippen LogP contribution in [0.4, 0.5) is 14.5 Å². The van der Waals surface area contributed by atoms with E-state index >= 15 is 0 Å². The molecule has 11 heteroatoms. The molecule has 3 heterocycles. The highest BCUT2D eigenvalue weighted by Crippen LogP contribution is 2.23. The van der Waals surface area contributed by atoms with Crippen molar-refractivity contribution < 1.29 is 18.3 Å². The monoisotopic (exact) mass is 450 g/mol. The van der Waals surface area contributed by atoms with E-state index in [1.807, 2.05) is 24.3 Å². The highest BCUT2D eigenvalue weighted by atomic mass is 19.1. The zero-order valence-corrected chi connectivity index (χ0v) is 17.2. The fourth-order valence-corrected chi connectivity index (χ4v) is 3.46. The molecule has 1 amide bonds. The van der Waals surface area contributed by atoms with Crippen LogP contribution in [0, 0.1) is 11.6 Å². The Balaban J connectivity index is 1.48. The Morgan fingerprint density at radius 1 is 1.06 bits per heavy atom. The number of ether oxygens (including phenoxy) is 1.